The van der Waals surface area contributed by atoms with E-state index in [1.54, 1.807) is 7.11 Å². The summed E-state index contributed by atoms with van der Waals surface area (Å²) in [6.07, 6.45) is 2.93. The molecule has 0 fully saturated rings. The van der Waals surface area contributed by atoms with E-state index in [1.807, 2.05) is 6.07 Å². The van der Waals surface area contributed by atoms with E-state index in [-0.39, 0.29) is 0 Å². The van der Waals surface area contributed by atoms with Crippen LogP contribution in [0.15, 0.2) is 109 Å². The number of unbranched alkanes of at least 4 members (excludes halogenated alkanes) is 1. The maximum absolute atomic E-state index is 6.11. The van der Waals surface area contributed by atoms with Gasteiger partial charge in [0.25, 0.3) is 0 Å². The molecule has 176 valence electrons. The number of methoxy groups -OCH3 is 1. The third-order valence-corrected chi connectivity index (χ3v) is 15.8. The van der Waals surface area contributed by atoms with Crippen molar-refractivity contribution in [3.05, 3.63) is 115 Å². The van der Waals surface area contributed by atoms with Crippen molar-refractivity contribution >= 4 is 36.7 Å². The fourth-order valence-corrected chi connectivity index (χ4v) is 12.2. The topological polar surface area (TPSA) is 18.5 Å². The fraction of sp³-hybridized carbons (Fsp3) is 0.200. The zero-order chi connectivity index (χ0) is 23.9. The van der Waals surface area contributed by atoms with Crippen LogP contribution >= 0.6 is 20.8 Å². The molecule has 4 heteroatoms. The molecule has 0 unspecified atom stereocenters. The Morgan fingerprint density at radius 1 is 0.676 bits per heavy atom. The molecule has 4 aromatic carbocycles. The Labute approximate surface area is 211 Å². The van der Waals surface area contributed by atoms with E-state index >= 15 is 0 Å². The summed E-state index contributed by atoms with van der Waals surface area (Å²) in [5.41, 5.74) is 1.18. The zero-order valence-corrected chi connectivity index (χ0v) is 22.3. The van der Waals surface area contributed by atoms with Gasteiger partial charge in [-0.05, 0) is 0 Å². The Bertz CT molecular complexity index is 1100. The Hall–Kier alpha value is -2.61. The van der Waals surface area contributed by atoms with Gasteiger partial charge in [-0.1, -0.05) is 0 Å². The standard InChI is InChI=1S/C30H32BrO2P/c1-3-4-20-33-27-22-25(21-26(23-27)32-2)24-34(31,28-14-8-5-9-15-28,29-16-10-6-11-17-29)30-18-12-7-13-19-30/h5-19,21-23H,3-4,20,24H2,1-2H3. The molecule has 4 aromatic rings. The van der Waals surface area contributed by atoms with Crippen LogP contribution < -0.4 is 25.4 Å². The Kier molecular flexibility index (Phi) is 7.76. The van der Waals surface area contributed by atoms with E-state index in [4.69, 9.17) is 9.47 Å². The molecule has 0 atom stereocenters. The van der Waals surface area contributed by atoms with Crippen molar-refractivity contribution in [1.82, 2.24) is 0 Å². The molecule has 0 saturated heterocycles. The van der Waals surface area contributed by atoms with Gasteiger partial charge in [-0.25, -0.2) is 0 Å². The monoisotopic (exact) mass is 534 g/mol. The molecule has 0 saturated carbocycles. The van der Waals surface area contributed by atoms with Gasteiger partial charge < -0.3 is 0 Å². The molecule has 2 nitrogen and oxygen atoms in total. The van der Waals surface area contributed by atoms with Crippen LogP contribution in [-0.4, -0.2) is 13.7 Å². The maximum atomic E-state index is 6.11. The van der Waals surface area contributed by atoms with Gasteiger partial charge in [-0.2, -0.15) is 0 Å². The van der Waals surface area contributed by atoms with E-state index < -0.39 is 5.31 Å². The SMILES string of the molecule is CCCCOc1cc(CP(Br)(c2ccccc2)(c2ccccc2)c2ccccc2)cc(OC)c1. The first-order chi connectivity index (χ1) is 16.6. The summed E-state index contributed by atoms with van der Waals surface area (Å²) < 4.78 is 11.8. The summed E-state index contributed by atoms with van der Waals surface area (Å²) in [4.78, 5) is 0. The van der Waals surface area contributed by atoms with Crippen molar-refractivity contribution in [3.8, 4) is 11.5 Å². The number of rotatable bonds is 10. The van der Waals surface area contributed by atoms with Crippen molar-refractivity contribution in [1.29, 1.82) is 0 Å². The normalized spacial score (nSPS) is 12.5. The van der Waals surface area contributed by atoms with E-state index in [2.05, 4.69) is 126 Å². The molecule has 0 aliphatic rings. The summed E-state index contributed by atoms with van der Waals surface area (Å²) in [5.74, 6) is 1.67. The van der Waals surface area contributed by atoms with Crippen LogP contribution in [0.4, 0.5) is 0 Å². The van der Waals surface area contributed by atoms with Gasteiger partial charge in [0.1, 0.15) is 0 Å². The van der Waals surface area contributed by atoms with Crippen LogP contribution in [0.1, 0.15) is 25.3 Å². The van der Waals surface area contributed by atoms with Crippen LogP contribution in [0, 0.1) is 0 Å². The molecule has 0 radical (unpaired) electrons. The molecule has 0 aromatic heterocycles. The average molecular weight is 535 g/mol. The summed E-state index contributed by atoms with van der Waals surface area (Å²) in [6.45, 7) is 2.88. The molecule has 0 amide bonds. The summed E-state index contributed by atoms with van der Waals surface area (Å²) >= 11 is 4.54. The first kappa shape index (κ1) is 24.5. The third-order valence-electron chi connectivity index (χ3n) is 6.31. The van der Waals surface area contributed by atoms with Gasteiger partial charge in [0.05, 0.1) is 0 Å². The second-order valence-corrected chi connectivity index (χ2v) is 17.5. The molecular formula is C30H32BrO2P. The van der Waals surface area contributed by atoms with Gasteiger partial charge in [0.2, 0.25) is 0 Å². The number of benzene rings is 4. The first-order valence-corrected chi connectivity index (χ1v) is 16.2. The van der Waals surface area contributed by atoms with Crippen LogP contribution in [-0.2, 0) is 6.16 Å². The Morgan fingerprint density at radius 3 is 1.59 bits per heavy atom. The predicted octanol–water partition coefficient (Wildman–Crippen LogP) is 7.21. The third kappa shape index (κ3) is 4.78. The minimum absolute atomic E-state index is 0.705. The Balaban J connectivity index is 1.96. The minimum atomic E-state index is -3.08. The second kappa shape index (κ2) is 10.8. The molecular weight excluding hydrogens is 503 g/mol. The van der Waals surface area contributed by atoms with Crippen LogP contribution in [0.3, 0.4) is 0 Å². The number of hydrogen-bond acceptors (Lipinski definition) is 2. The quantitative estimate of drug-likeness (QED) is 0.158. The van der Waals surface area contributed by atoms with E-state index in [0.29, 0.717) is 6.61 Å². The van der Waals surface area contributed by atoms with Gasteiger partial charge in [-0.3, -0.25) is 0 Å². The van der Waals surface area contributed by atoms with Gasteiger partial charge >= 0.3 is 212 Å². The summed E-state index contributed by atoms with van der Waals surface area (Å²) in [7, 11) is 1.72. The predicted molar refractivity (Wildman–Crippen MR) is 151 cm³/mol. The van der Waals surface area contributed by atoms with Crippen molar-refractivity contribution in [2.45, 2.75) is 25.9 Å². The van der Waals surface area contributed by atoms with Crippen molar-refractivity contribution in [2.75, 3.05) is 13.7 Å². The van der Waals surface area contributed by atoms with Crippen LogP contribution in [0.2, 0.25) is 0 Å². The molecule has 0 aliphatic carbocycles. The summed E-state index contributed by atoms with van der Waals surface area (Å²) in [6, 6.07) is 38.9. The van der Waals surface area contributed by atoms with E-state index in [9.17, 15) is 0 Å². The molecule has 0 bridgehead atoms. The zero-order valence-electron chi connectivity index (χ0n) is 19.9. The molecule has 0 heterocycles. The molecule has 0 N–H and O–H groups in total. The first-order valence-electron chi connectivity index (χ1n) is 11.8. The van der Waals surface area contributed by atoms with Gasteiger partial charge in [-0.15, -0.1) is 0 Å². The Morgan fingerprint density at radius 2 is 1.15 bits per heavy atom. The number of halogens is 1. The van der Waals surface area contributed by atoms with Crippen LogP contribution in [0.5, 0.6) is 11.5 Å². The summed E-state index contributed by atoms with van der Waals surface area (Å²) in [5, 5.41) is 0.800. The number of hydrogen-bond donors (Lipinski definition) is 0. The molecule has 0 aliphatic heterocycles. The van der Waals surface area contributed by atoms with E-state index in [0.717, 1.165) is 30.5 Å². The van der Waals surface area contributed by atoms with Crippen molar-refractivity contribution < 1.29 is 9.47 Å². The second-order valence-electron chi connectivity index (χ2n) is 8.57. The van der Waals surface area contributed by atoms with Crippen molar-refractivity contribution in [2.24, 2.45) is 0 Å². The van der Waals surface area contributed by atoms with E-state index in [1.165, 1.54) is 21.5 Å². The van der Waals surface area contributed by atoms with Gasteiger partial charge in [0.15, 0.2) is 0 Å². The fourth-order valence-electron chi connectivity index (χ4n) is 4.54. The number of ether oxygens (including phenoxy) is 2. The average Bonchev–Trinajstić information content (AvgIpc) is 2.90. The molecule has 0 spiro atoms. The van der Waals surface area contributed by atoms with Gasteiger partial charge in [0, 0.05) is 0 Å². The molecule has 4 rings (SSSR count). The molecule has 34 heavy (non-hydrogen) atoms. The van der Waals surface area contributed by atoms with Crippen LogP contribution in [0.25, 0.3) is 0 Å². The van der Waals surface area contributed by atoms with Crippen molar-refractivity contribution in [3.63, 3.8) is 0 Å².